The van der Waals surface area contributed by atoms with Crippen LogP contribution in [0.5, 0.6) is 5.75 Å². The van der Waals surface area contributed by atoms with Crippen molar-refractivity contribution < 1.29 is 18.7 Å². The summed E-state index contributed by atoms with van der Waals surface area (Å²) < 4.78 is 11.5. The highest BCUT2D eigenvalue weighted by atomic mass is 35.5. The van der Waals surface area contributed by atoms with E-state index in [-0.39, 0.29) is 30.3 Å². The molecule has 1 atom stereocenters. The second kappa shape index (κ2) is 9.61. The molecule has 3 heterocycles. The Morgan fingerprint density at radius 3 is 2.73 bits per heavy atom. The second-order valence-electron chi connectivity index (χ2n) is 8.46. The number of fused-ring (bicyclic) bond motifs is 1. The van der Waals surface area contributed by atoms with Crippen LogP contribution in [0.25, 0.3) is 0 Å². The summed E-state index contributed by atoms with van der Waals surface area (Å²) in [6.07, 6.45) is 4.18. The minimum Gasteiger partial charge on any atom is -0.491 e. The summed E-state index contributed by atoms with van der Waals surface area (Å²) in [5.41, 5.74) is 1.12. The molecule has 0 radical (unpaired) electrons. The minimum atomic E-state index is -0.204. The average Bonchev–Trinajstić information content (AvgIpc) is 3.33. The fraction of sp³-hybridized carbons (Fsp3) is 0.360. The van der Waals surface area contributed by atoms with Crippen LogP contribution < -0.4 is 4.74 Å². The number of thiophene rings is 1. The molecule has 1 unspecified atom stereocenters. The van der Waals surface area contributed by atoms with Crippen LogP contribution in [-0.2, 0) is 22.6 Å². The Hall–Kier alpha value is -2.77. The van der Waals surface area contributed by atoms with E-state index in [1.807, 2.05) is 23.1 Å². The highest BCUT2D eigenvalue weighted by Crippen LogP contribution is 2.35. The minimum absolute atomic E-state index is 0.0293. The normalized spacial score (nSPS) is 17.5. The Kier molecular flexibility index (Phi) is 6.42. The first-order chi connectivity index (χ1) is 16.1. The maximum absolute atomic E-state index is 13.5. The van der Waals surface area contributed by atoms with Gasteiger partial charge in [0.05, 0.1) is 18.8 Å². The van der Waals surface area contributed by atoms with E-state index in [0.717, 1.165) is 24.8 Å². The summed E-state index contributed by atoms with van der Waals surface area (Å²) in [5, 5.41) is 2.71. The van der Waals surface area contributed by atoms with Gasteiger partial charge in [-0.2, -0.15) is 0 Å². The van der Waals surface area contributed by atoms with E-state index in [1.165, 1.54) is 4.88 Å². The molecule has 1 saturated carbocycles. The highest BCUT2D eigenvalue weighted by Gasteiger charge is 2.37. The van der Waals surface area contributed by atoms with Crippen molar-refractivity contribution in [2.75, 3.05) is 19.7 Å². The zero-order valence-corrected chi connectivity index (χ0v) is 19.7. The van der Waals surface area contributed by atoms with Crippen LogP contribution in [0, 0.1) is 5.92 Å². The Morgan fingerprint density at radius 1 is 1.18 bits per heavy atom. The van der Waals surface area contributed by atoms with Crippen molar-refractivity contribution in [2.24, 2.45) is 5.92 Å². The van der Waals surface area contributed by atoms with Gasteiger partial charge in [0.2, 0.25) is 11.8 Å². The number of rotatable bonds is 8. The van der Waals surface area contributed by atoms with Crippen LogP contribution in [0.4, 0.5) is 0 Å². The number of carbonyl (C=O) groups excluding carboxylic acids is 2. The maximum atomic E-state index is 13.5. The molecule has 3 aromatic rings. The molecule has 33 heavy (non-hydrogen) atoms. The van der Waals surface area contributed by atoms with Crippen LogP contribution in [0.1, 0.15) is 35.1 Å². The Bertz CT molecular complexity index is 1110. The summed E-state index contributed by atoms with van der Waals surface area (Å²) >= 11 is 7.70. The van der Waals surface area contributed by atoms with Crippen LogP contribution in [0.15, 0.2) is 58.5 Å². The smallest absolute Gasteiger partial charge is 0.242 e. The summed E-state index contributed by atoms with van der Waals surface area (Å²) in [5.74, 6) is 1.37. The Morgan fingerprint density at radius 2 is 2.00 bits per heavy atom. The van der Waals surface area contributed by atoms with Gasteiger partial charge in [-0.3, -0.25) is 9.59 Å². The number of carbonyl (C=O) groups is 2. The highest BCUT2D eigenvalue weighted by molar-refractivity contribution is 7.10. The third-order valence-corrected chi connectivity index (χ3v) is 7.38. The topological polar surface area (TPSA) is 63.0 Å². The van der Waals surface area contributed by atoms with E-state index in [1.54, 1.807) is 40.7 Å². The van der Waals surface area contributed by atoms with Crippen molar-refractivity contribution in [3.05, 3.63) is 75.3 Å². The molecule has 0 spiro atoms. The van der Waals surface area contributed by atoms with Gasteiger partial charge < -0.3 is 19.0 Å². The molecular formula is C25H25ClN2O4S. The number of ether oxygens (including phenoxy) is 1. The molecule has 6 nitrogen and oxygen atoms in total. The zero-order chi connectivity index (χ0) is 22.8. The van der Waals surface area contributed by atoms with E-state index in [9.17, 15) is 9.59 Å². The standard InChI is InChI=1S/C25H25ClN2O4S/c26-18-5-7-19(8-6-18)32-16-22-21-10-13-33-23(21)9-11-28(22)24(29)15-27(25(30)17-3-4-17)14-20-2-1-12-31-20/h1-2,5-8,10,12-13,17,22H,3-4,9,11,14-16H2. The first-order valence-electron chi connectivity index (χ1n) is 11.1. The lowest BCUT2D eigenvalue weighted by Gasteiger charge is -2.37. The Labute approximate surface area is 201 Å². The van der Waals surface area contributed by atoms with Gasteiger partial charge in [0.25, 0.3) is 0 Å². The molecule has 8 heteroatoms. The lowest BCUT2D eigenvalue weighted by molar-refractivity contribution is -0.144. The van der Waals surface area contributed by atoms with Crippen LogP contribution in [-0.4, -0.2) is 41.3 Å². The predicted octanol–water partition coefficient (Wildman–Crippen LogP) is 4.94. The Balaban J connectivity index is 1.32. The van der Waals surface area contributed by atoms with Gasteiger partial charge in [-0.05, 0) is 72.7 Å². The van der Waals surface area contributed by atoms with E-state index < -0.39 is 0 Å². The third-order valence-electron chi connectivity index (χ3n) is 6.13. The van der Waals surface area contributed by atoms with Crippen LogP contribution in [0.2, 0.25) is 5.02 Å². The number of nitrogens with zero attached hydrogens (tertiary/aromatic N) is 2. The van der Waals surface area contributed by atoms with Crippen molar-refractivity contribution in [1.82, 2.24) is 9.80 Å². The monoisotopic (exact) mass is 484 g/mol. The van der Waals surface area contributed by atoms with Crippen molar-refractivity contribution in [3.63, 3.8) is 0 Å². The zero-order valence-electron chi connectivity index (χ0n) is 18.1. The summed E-state index contributed by atoms with van der Waals surface area (Å²) in [6.45, 7) is 1.28. The number of hydrogen-bond donors (Lipinski definition) is 0. The largest absolute Gasteiger partial charge is 0.491 e. The van der Waals surface area contributed by atoms with Crippen molar-refractivity contribution in [3.8, 4) is 5.75 Å². The predicted molar refractivity (Wildman–Crippen MR) is 126 cm³/mol. The van der Waals surface area contributed by atoms with E-state index in [0.29, 0.717) is 36.2 Å². The molecule has 2 aliphatic rings. The number of amides is 2. The fourth-order valence-corrected chi connectivity index (χ4v) is 5.28. The number of halogens is 1. The molecule has 0 bridgehead atoms. The van der Waals surface area contributed by atoms with Gasteiger partial charge >= 0.3 is 0 Å². The molecule has 2 amide bonds. The second-order valence-corrected chi connectivity index (χ2v) is 9.90. The number of benzene rings is 1. The molecule has 0 saturated heterocycles. The molecule has 2 aromatic heterocycles. The van der Waals surface area contributed by atoms with Gasteiger partial charge in [-0.15, -0.1) is 11.3 Å². The van der Waals surface area contributed by atoms with Crippen molar-refractivity contribution in [1.29, 1.82) is 0 Å². The summed E-state index contributed by atoms with van der Waals surface area (Å²) in [4.78, 5) is 31.2. The maximum Gasteiger partial charge on any atom is 0.242 e. The molecule has 0 N–H and O–H groups in total. The molecule has 5 rings (SSSR count). The first kappa shape index (κ1) is 22.0. The molecular weight excluding hydrogens is 460 g/mol. The number of hydrogen-bond acceptors (Lipinski definition) is 5. The quantitative estimate of drug-likeness (QED) is 0.454. The van der Waals surface area contributed by atoms with Gasteiger partial charge in [0.15, 0.2) is 0 Å². The molecule has 1 fully saturated rings. The molecule has 1 aromatic carbocycles. The third kappa shape index (κ3) is 5.09. The lowest BCUT2D eigenvalue weighted by atomic mass is 10.0. The lowest BCUT2D eigenvalue weighted by Crippen LogP contribution is -2.47. The van der Waals surface area contributed by atoms with E-state index in [2.05, 4.69) is 11.4 Å². The van der Waals surface area contributed by atoms with E-state index in [4.69, 9.17) is 20.8 Å². The first-order valence-corrected chi connectivity index (χ1v) is 12.4. The van der Waals surface area contributed by atoms with Gasteiger partial charge in [-0.25, -0.2) is 0 Å². The summed E-state index contributed by atoms with van der Waals surface area (Å²) in [6, 6.07) is 12.7. The average molecular weight is 485 g/mol. The van der Waals surface area contributed by atoms with Crippen LogP contribution in [0.3, 0.4) is 0 Å². The SMILES string of the molecule is O=C(C1CC1)N(CC(=O)N1CCc2sccc2C1COc1ccc(Cl)cc1)Cc1ccco1. The van der Waals surface area contributed by atoms with Crippen molar-refractivity contribution in [2.45, 2.75) is 31.8 Å². The van der Waals surface area contributed by atoms with Gasteiger partial charge in [0, 0.05) is 22.4 Å². The number of furan rings is 1. The molecule has 172 valence electrons. The summed E-state index contributed by atoms with van der Waals surface area (Å²) in [7, 11) is 0. The van der Waals surface area contributed by atoms with Gasteiger partial charge in [-0.1, -0.05) is 11.6 Å². The van der Waals surface area contributed by atoms with Crippen LogP contribution >= 0.6 is 22.9 Å². The van der Waals surface area contributed by atoms with Gasteiger partial charge in [0.1, 0.15) is 24.7 Å². The molecule has 1 aliphatic carbocycles. The fourth-order valence-electron chi connectivity index (χ4n) is 4.23. The van der Waals surface area contributed by atoms with E-state index >= 15 is 0 Å². The van der Waals surface area contributed by atoms with Crippen molar-refractivity contribution >= 4 is 34.8 Å². The molecule has 1 aliphatic heterocycles.